The Kier molecular flexibility index (Phi) is 48.7. The number of unbranched alkanes of at least 4 members (excludes halogenated alkanes) is 26. The molecule has 0 saturated heterocycles. The Balaban J connectivity index is 4.71. The topological polar surface area (TPSA) is 95.9 Å². The first-order valence-electron chi connectivity index (χ1n) is 26.9. The van der Waals surface area contributed by atoms with Gasteiger partial charge in [0.1, 0.15) is 6.10 Å². The number of carbonyl (C=O) groups excluding carboxylic acids is 2. The number of rotatable bonds is 47. The number of allylic oxidation sites excluding steroid dienone is 14. The number of ether oxygens (including phenoxy) is 1. The molecule has 0 aromatic carbocycles. The predicted molar refractivity (Wildman–Crippen MR) is 278 cm³/mol. The second kappa shape index (κ2) is 51.0. The second-order valence-electron chi connectivity index (χ2n) is 18.0. The van der Waals surface area contributed by atoms with E-state index < -0.39 is 18.2 Å². The summed E-state index contributed by atoms with van der Waals surface area (Å²) in [5.74, 6) is -0.551. The lowest BCUT2D eigenvalue weighted by atomic mass is 10.0. The first kappa shape index (κ1) is 61.0. The van der Waals surface area contributed by atoms with Gasteiger partial charge < -0.3 is 20.3 Å². The summed E-state index contributed by atoms with van der Waals surface area (Å²) in [7, 11) is 0. The monoisotopic (exact) mass is 892 g/mol. The normalized spacial score (nSPS) is 13.9. The van der Waals surface area contributed by atoms with E-state index in [4.69, 9.17) is 4.74 Å². The quantitative estimate of drug-likeness (QED) is 0.0321. The van der Waals surface area contributed by atoms with Crippen molar-refractivity contribution in [3.05, 3.63) is 85.1 Å². The van der Waals surface area contributed by atoms with Crippen molar-refractivity contribution in [1.82, 2.24) is 5.32 Å². The zero-order valence-corrected chi connectivity index (χ0v) is 41.9. The summed E-state index contributed by atoms with van der Waals surface area (Å²) < 4.78 is 5.91. The van der Waals surface area contributed by atoms with Crippen LogP contribution in [0.15, 0.2) is 85.1 Å². The molecule has 0 heterocycles. The van der Waals surface area contributed by atoms with Crippen molar-refractivity contribution in [1.29, 1.82) is 0 Å². The van der Waals surface area contributed by atoms with Crippen LogP contribution < -0.4 is 5.32 Å². The molecule has 0 saturated carbocycles. The number of amides is 1. The van der Waals surface area contributed by atoms with Crippen molar-refractivity contribution in [2.75, 3.05) is 6.61 Å². The summed E-state index contributed by atoms with van der Waals surface area (Å²) in [6, 6.07) is -0.724. The van der Waals surface area contributed by atoms with E-state index in [2.05, 4.69) is 68.6 Å². The van der Waals surface area contributed by atoms with Gasteiger partial charge in [-0.05, 0) is 70.6 Å². The second-order valence-corrected chi connectivity index (χ2v) is 18.0. The van der Waals surface area contributed by atoms with Crippen molar-refractivity contribution in [3.8, 4) is 0 Å². The zero-order chi connectivity index (χ0) is 46.7. The van der Waals surface area contributed by atoms with E-state index in [9.17, 15) is 19.8 Å². The minimum Gasteiger partial charge on any atom is -0.462 e. The Bertz CT molecular complexity index is 1230. The molecule has 0 bridgehead atoms. The van der Waals surface area contributed by atoms with Gasteiger partial charge in [-0.2, -0.15) is 0 Å². The van der Waals surface area contributed by atoms with Crippen molar-refractivity contribution >= 4 is 11.9 Å². The highest BCUT2D eigenvalue weighted by Gasteiger charge is 2.24. The maximum atomic E-state index is 13.2. The van der Waals surface area contributed by atoms with Crippen LogP contribution in [0.2, 0.25) is 0 Å². The maximum Gasteiger partial charge on any atom is 0.306 e. The molecule has 0 aromatic rings. The van der Waals surface area contributed by atoms with Gasteiger partial charge in [-0.25, -0.2) is 0 Å². The number of carbonyl (C=O) groups is 2. The smallest absolute Gasteiger partial charge is 0.306 e. The Labute approximate surface area is 395 Å². The van der Waals surface area contributed by atoms with Crippen LogP contribution in [0, 0.1) is 0 Å². The van der Waals surface area contributed by atoms with Crippen LogP contribution in [-0.4, -0.2) is 46.9 Å². The number of aliphatic hydroxyl groups is 2. The van der Waals surface area contributed by atoms with Gasteiger partial charge in [0.15, 0.2) is 0 Å². The first-order valence-corrected chi connectivity index (χ1v) is 26.9. The Morgan fingerprint density at radius 2 is 0.844 bits per heavy atom. The molecule has 1 amide bonds. The van der Waals surface area contributed by atoms with Gasteiger partial charge in [-0.15, -0.1) is 0 Å². The van der Waals surface area contributed by atoms with Gasteiger partial charge in [-0.3, -0.25) is 9.59 Å². The van der Waals surface area contributed by atoms with Gasteiger partial charge in [0, 0.05) is 6.42 Å². The highest BCUT2D eigenvalue weighted by atomic mass is 16.5. The van der Waals surface area contributed by atoms with Gasteiger partial charge in [0.25, 0.3) is 0 Å². The molecule has 0 rings (SSSR count). The van der Waals surface area contributed by atoms with Crippen LogP contribution in [0.1, 0.15) is 245 Å². The molecule has 6 nitrogen and oxygen atoms in total. The van der Waals surface area contributed by atoms with E-state index in [1.165, 1.54) is 116 Å². The zero-order valence-electron chi connectivity index (χ0n) is 41.9. The molecule has 0 aromatic heterocycles. The number of hydrogen-bond acceptors (Lipinski definition) is 5. The molecule has 64 heavy (non-hydrogen) atoms. The summed E-state index contributed by atoms with van der Waals surface area (Å²) in [6.07, 6.45) is 66.4. The summed E-state index contributed by atoms with van der Waals surface area (Å²) in [5.41, 5.74) is 0. The molecule has 3 N–H and O–H groups in total. The lowest BCUT2D eigenvalue weighted by Gasteiger charge is -2.24. The van der Waals surface area contributed by atoms with E-state index in [1.54, 1.807) is 0 Å². The fraction of sp³-hybridized carbons (Fsp3) is 0.724. The van der Waals surface area contributed by atoms with E-state index in [1.807, 2.05) is 42.5 Å². The average molecular weight is 892 g/mol. The highest BCUT2D eigenvalue weighted by molar-refractivity contribution is 5.77. The van der Waals surface area contributed by atoms with Gasteiger partial charge >= 0.3 is 5.97 Å². The van der Waals surface area contributed by atoms with Crippen molar-refractivity contribution in [2.45, 2.75) is 264 Å². The summed E-state index contributed by atoms with van der Waals surface area (Å²) in [4.78, 5) is 26.2. The molecule has 6 heteroatoms. The maximum absolute atomic E-state index is 13.2. The van der Waals surface area contributed by atoms with E-state index in [0.717, 1.165) is 83.5 Å². The lowest BCUT2D eigenvalue weighted by molar-refractivity contribution is -0.151. The largest absolute Gasteiger partial charge is 0.462 e. The Morgan fingerprint density at radius 1 is 0.469 bits per heavy atom. The number of hydrogen-bond donors (Lipinski definition) is 3. The number of esters is 1. The molecule has 3 atom stereocenters. The number of nitrogens with one attached hydrogen (secondary N) is 1. The Morgan fingerprint density at radius 3 is 1.31 bits per heavy atom. The summed E-state index contributed by atoms with van der Waals surface area (Å²) in [6.45, 7) is 6.32. The van der Waals surface area contributed by atoms with Gasteiger partial charge in [0.2, 0.25) is 5.91 Å². The SMILES string of the molecule is CC/C=C/C=C/C=C\C=C/C=C/CCCCCC(=O)OC(CCCCC/C=C/C=C/CCCCCCCCC)CC(=O)NC(CO)C(O)CCCCCCCCCCCCCCCC. The molecule has 0 aliphatic heterocycles. The lowest BCUT2D eigenvalue weighted by Crippen LogP contribution is -2.46. The minimum atomic E-state index is -0.807. The fourth-order valence-corrected chi connectivity index (χ4v) is 7.80. The first-order chi connectivity index (χ1) is 31.5. The molecule has 0 radical (unpaired) electrons. The predicted octanol–water partition coefficient (Wildman–Crippen LogP) is 16.3. The minimum absolute atomic E-state index is 0.0386. The highest BCUT2D eigenvalue weighted by Crippen LogP contribution is 2.17. The van der Waals surface area contributed by atoms with Crippen LogP contribution in [0.5, 0.6) is 0 Å². The summed E-state index contributed by atoms with van der Waals surface area (Å²) >= 11 is 0. The van der Waals surface area contributed by atoms with Crippen LogP contribution >= 0.6 is 0 Å². The Hall–Kier alpha value is -2.96. The number of aliphatic hydroxyl groups excluding tert-OH is 2. The molecule has 0 aliphatic carbocycles. The van der Waals surface area contributed by atoms with Gasteiger partial charge in [0.05, 0.1) is 25.2 Å². The van der Waals surface area contributed by atoms with E-state index >= 15 is 0 Å². The van der Waals surface area contributed by atoms with Crippen LogP contribution in [0.3, 0.4) is 0 Å². The summed E-state index contributed by atoms with van der Waals surface area (Å²) in [5, 5.41) is 23.8. The van der Waals surface area contributed by atoms with E-state index in [-0.39, 0.29) is 24.9 Å². The van der Waals surface area contributed by atoms with Gasteiger partial charge in [-0.1, -0.05) is 247 Å². The molecule has 0 aliphatic rings. The molecule has 0 spiro atoms. The third kappa shape index (κ3) is 45.6. The van der Waals surface area contributed by atoms with Crippen LogP contribution in [0.4, 0.5) is 0 Å². The third-order valence-corrected chi connectivity index (χ3v) is 11.9. The molecule has 3 unspecified atom stereocenters. The molecule has 368 valence electrons. The third-order valence-electron chi connectivity index (χ3n) is 11.9. The van der Waals surface area contributed by atoms with Crippen molar-refractivity contribution < 1.29 is 24.5 Å². The van der Waals surface area contributed by atoms with Crippen LogP contribution in [0.25, 0.3) is 0 Å². The fourth-order valence-electron chi connectivity index (χ4n) is 7.80. The molecule has 0 fully saturated rings. The molecular weight excluding hydrogens is 791 g/mol. The van der Waals surface area contributed by atoms with Crippen LogP contribution in [-0.2, 0) is 14.3 Å². The van der Waals surface area contributed by atoms with E-state index in [0.29, 0.717) is 19.3 Å². The van der Waals surface area contributed by atoms with Crippen molar-refractivity contribution in [2.24, 2.45) is 0 Å². The average Bonchev–Trinajstić information content (AvgIpc) is 3.29. The van der Waals surface area contributed by atoms with Crippen molar-refractivity contribution in [3.63, 3.8) is 0 Å². The standard InChI is InChI=1S/C58H101NO5/c1-4-7-10-13-16-19-22-25-28-30-31-34-37-40-43-46-49-54(64-58(63)51-48-45-42-39-36-33-29-26-23-20-17-14-11-8-5-2)52-57(62)59-55(53-60)56(61)50-47-44-41-38-35-32-27-24-21-18-15-12-9-6-3/h8,11,14,17,20,23,26,28-31,33-34,36,54-56,60-61H,4-7,9-10,12-13,15-16,18-19,21-22,24-25,27,32,35,37-53H2,1-3H3,(H,59,62)/b11-8+,17-14+,23-20-,29-26-,30-28+,34-31+,36-33+. The molecular formula is C58H101NO5.